The molecule has 8 heteroatoms. The Morgan fingerprint density at radius 1 is 1.29 bits per heavy atom. The zero-order valence-corrected chi connectivity index (χ0v) is 15.2. The van der Waals surface area contributed by atoms with Crippen molar-refractivity contribution in [2.24, 2.45) is 10.1 Å². The Bertz CT molecular complexity index is 591. The molecule has 0 aliphatic rings. The Labute approximate surface area is 144 Å². The summed E-state index contributed by atoms with van der Waals surface area (Å²) in [6, 6.07) is 10.1. The lowest BCUT2D eigenvalue weighted by atomic mass is 10.1. The van der Waals surface area contributed by atoms with Crippen molar-refractivity contribution >= 4 is 16.0 Å². The lowest BCUT2D eigenvalue weighted by Crippen LogP contribution is -2.40. The maximum Gasteiger partial charge on any atom is 0.210 e. The molecule has 0 saturated carbocycles. The van der Waals surface area contributed by atoms with Gasteiger partial charge in [-0.2, -0.15) is 0 Å². The van der Waals surface area contributed by atoms with Gasteiger partial charge >= 0.3 is 0 Å². The van der Waals surface area contributed by atoms with E-state index in [-0.39, 0.29) is 18.4 Å². The predicted molar refractivity (Wildman–Crippen MR) is 97.4 cm³/mol. The van der Waals surface area contributed by atoms with Crippen LogP contribution < -0.4 is 15.8 Å². The summed E-state index contributed by atoms with van der Waals surface area (Å²) in [6.45, 7) is 6.09. The highest BCUT2D eigenvalue weighted by molar-refractivity contribution is 7.89. The van der Waals surface area contributed by atoms with E-state index in [0.717, 1.165) is 12.0 Å². The van der Waals surface area contributed by atoms with Crippen molar-refractivity contribution < 1.29 is 13.2 Å². The van der Waals surface area contributed by atoms with E-state index in [9.17, 15) is 8.42 Å². The number of guanidine groups is 1. The second kappa shape index (κ2) is 11.0. The summed E-state index contributed by atoms with van der Waals surface area (Å²) in [7, 11) is -3.47. The van der Waals surface area contributed by atoms with Crippen molar-refractivity contribution in [2.75, 3.05) is 32.0 Å². The second-order valence-electron chi connectivity index (χ2n) is 5.33. The fraction of sp³-hybridized carbons (Fsp3) is 0.562. The van der Waals surface area contributed by atoms with Gasteiger partial charge in [-0.1, -0.05) is 30.3 Å². The number of ether oxygens (including phenoxy) is 1. The molecule has 4 N–H and O–H groups in total. The van der Waals surface area contributed by atoms with Gasteiger partial charge in [-0.05, 0) is 25.8 Å². The van der Waals surface area contributed by atoms with Gasteiger partial charge in [0.2, 0.25) is 10.0 Å². The van der Waals surface area contributed by atoms with Gasteiger partial charge in [0.15, 0.2) is 5.96 Å². The van der Waals surface area contributed by atoms with E-state index in [1.54, 1.807) is 0 Å². The van der Waals surface area contributed by atoms with Crippen LogP contribution in [0.4, 0.5) is 0 Å². The van der Waals surface area contributed by atoms with Crippen LogP contribution in [0.5, 0.6) is 0 Å². The molecule has 1 rings (SSSR count). The maximum atomic E-state index is 10.9. The van der Waals surface area contributed by atoms with E-state index in [0.29, 0.717) is 25.7 Å². The SMILES string of the molecule is CCNC(=NCCCOC(C)c1ccccc1)NCCS(N)(=O)=O. The van der Waals surface area contributed by atoms with E-state index in [1.165, 1.54) is 0 Å². The minimum atomic E-state index is -3.47. The number of sulfonamides is 1. The predicted octanol–water partition coefficient (Wildman–Crippen LogP) is 0.998. The summed E-state index contributed by atoms with van der Waals surface area (Å²) in [4.78, 5) is 4.38. The van der Waals surface area contributed by atoms with E-state index >= 15 is 0 Å². The molecule has 1 unspecified atom stereocenters. The summed E-state index contributed by atoms with van der Waals surface area (Å²) < 4.78 is 27.6. The summed E-state index contributed by atoms with van der Waals surface area (Å²) >= 11 is 0. The molecule has 0 aliphatic carbocycles. The van der Waals surface area contributed by atoms with E-state index in [1.807, 2.05) is 44.2 Å². The third-order valence-corrected chi connectivity index (χ3v) is 4.01. The van der Waals surface area contributed by atoms with Crippen molar-refractivity contribution in [3.8, 4) is 0 Å². The number of primary sulfonamides is 1. The first-order valence-corrected chi connectivity index (χ1v) is 9.83. The monoisotopic (exact) mass is 356 g/mol. The molecule has 0 amide bonds. The number of hydrogen-bond acceptors (Lipinski definition) is 4. The molecule has 0 radical (unpaired) electrons. The minimum absolute atomic E-state index is 0.0521. The van der Waals surface area contributed by atoms with Crippen LogP contribution in [0, 0.1) is 0 Å². The van der Waals surface area contributed by atoms with Crippen LogP contribution in [0.3, 0.4) is 0 Å². The molecule has 0 saturated heterocycles. The third kappa shape index (κ3) is 9.49. The Morgan fingerprint density at radius 3 is 2.62 bits per heavy atom. The number of benzene rings is 1. The molecule has 136 valence electrons. The van der Waals surface area contributed by atoms with Crippen molar-refractivity contribution in [3.63, 3.8) is 0 Å². The van der Waals surface area contributed by atoms with Crippen molar-refractivity contribution in [2.45, 2.75) is 26.4 Å². The van der Waals surface area contributed by atoms with Gasteiger partial charge in [0, 0.05) is 26.2 Å². The highest BCUT2D eigenvalue weighted by atomic mass is 32.2. The largest absolute Gasteiger partial charge is 0.374 e. The van der Waals surface area contributed by atoms with Crippen LogP contribution in [0.1, 0.15) is 31.9 Å². The fourth-order valence-electron chi connectivity index (χ4n) is 1.99. The van der Waals surface area contributed by atoms with Gasteiger partial charge in [0.05, 0.1) is 11.9 Å². The molecule has 1 atom stereocenters. The summed E-state index contributed by atoms with van der Waals surface area (Å²) in [5.74, 6) is 0.451. The van der Waals surface area contributed by atoms with Crippen molar-refractivity contribution in [1.29, 1.82) is 0 Å². The molecule has 24 heavy (non-hydrogen) atoms. The standard InChI is InChI=1S/C16H28N4O3S/c1-3-18-16(20-11-13-24(17,21)22)19-10-7-12-23-14(2)15-8-5-4-6-9-15/h4-6,8-9,14H,3,7,10-13H2,1-2H3,(H2,17,21,22)(H2,18,19,20). The van der Waals surface area contributed by atoms with Crippen LogP contribution in [-0.4, -0.2) is 46.4 Å². The van der Waals surface area contributed by atoms with E-state index in [2.05, 4.69) is 15.6 Å². The first kappa shape index (κ1) is 20.4. The highest BCUT2D eigenvalue weighted by Crippen LogP contribution is 2.15. The number of nitrogens with one attached hydrogen (secondary N) is 2. The van der Waals surface area contributed by atoms with Gasteiger partial charge in [-0.3, -0.25) is 4.99 Å². The quantitative estimate of drug-likeness (QED) is 0.329. The molecule has 0 fully saturated rings. The lowest BCUT2D eigenvalue weighted by Gasteiger charge is -2.13. The summed E-state index contributed by atoms with van der Waals surface area (Å²) in [5.41, 5.74) is 1.15. The van der Waals surface area contributed by atoms with Gasteiger partial charge in [-0.25, -0.2) is 13.6 Å². The van der Waals surface area contributed by atoms with Crippen LogP contribution >= 0.6 is 0 Å². The number of rotatable bonds is 10. The van der Waals surface area contributed by atoms with Gasteiger partial charge < -0.3 is 15.4 Å². The van der Waals surface area contributed by atoms with Crippen molar-refractivity contribution in [1.82, 2.24) is 10.6 Å². The Morgan fingerprint density at radius 2 is 2.00 bits per heavy atom. The molecule has 0 aliphatic heterocycles. The molecule has 0 aromatic heterocycles. The Hall–Kier alpha value is -1.64. The highest BCUT2D eigenvalue weighted by Gasteiger charge is 2.05. The number of aliphatic imine (C=N–C) groups is 1. The molecular weight excluding hydrogens is 328 g/mol. The summed E-state index contributed by atoms with van der Waals surface area (Å²) in [6.07, 6.45) is 0.833. The van der Waals surface area contributed by atoms with Crippen LogP contribution in [0.2, 0.25) is 0 Å². The fourth-order valence-corrected chi connectivity index (χ4v) is 2.38. The van der Waals surface area contributed by atoms with Gasteiger partial charge in [0.25, 0.3) is 0 Å². The van der Waals surface area contributed by atoms with E-state index < -0.39 is 10.0 Å². The number of nitrogens with zero attached hydrogens (tertiary/aromatic N) is 1. The Balaban J connectivity index is 2.28. The lowest BCUT2D eigenvalue weighted by molar-refractivity contribution is 0.0652. The van der Waals surface area contributed by atoms with Crippen molar-refractivity contribution in [3.05, 3.63) is 35.9 Å². The average molecular weight is 356 g/mol. The number of hydrogen-bond donors (Lipinski definition) is 3. The van der Waals surface area contributed by atoms with Crippen LogP contribution in [-0.2, 0) is 14.8 Å². The molecule has 0 heterocycles. The molecule has 1 aromatic rings. The van der Waals surface area contributed by atoms with E-state index in [4.69, 9.17) is 9.88 Å². The van der Waals surface area contributed by atoms with Gasteiger partial charge in [0.1, 0.15) is 0 Å². The third-order valence-electron chi connectivity index (χ3n) is 3.23. The molecule has 1 aromatic carbocycles. The smallest absolute Gasteiger partial charge is 0.210 e. The molecule has 7 nitrogen and oxygen atoms in total. The second-order valence-corrected chi connectivity index (χ2v) is 7.07. The number of nitrogens with two attached hydrogens (primary N) is 1. The molecular formula is C16H28N4O3S. The zero-order valence-electron chi connectivity index (χ0n) is 14.4. The van der Waals surface area contributed by atoms with Gasteiger partial charge in [-0.15, -0.1) is 0 Å². The zero-order chi connectivity index (χ0) is 17.8. The van der Waals surface area contributed by atoms with Crippen LogP contribution in [0.25, 0.3) is 0 Å². The summed E-state index contributed by atoms with van der Waals surface area (Å²) in [5, 5.41) is 11.0. The first-order valence-electron chi connectivity index (χ1n) is 8.11. The first-order chi connectivity index (χ1) is 11.4. The maximum absolute atomic E-state index is 10.9. The topological polar surface area (TPSA) is 106 Å². The van der Waals surface area contributed by atoms with Crippen LogP contribution in [0.15, 0.2) is 35.3 Å². The minimum Gasteiger partial charge on any atom is -0.374 e. The normalized spacial score (nSPS) is 13.5. The average Bonchev–Trinajstić information content (AvgIpc) is 2.54. The Kier molecular flexibility index (Phi) is 9.36. The molecule has 0 spiro atoms. The molecule has 0 bridgehead atoms.